The Labute approximate surface area is 122 Å². The smallest absolute Gasteiger partial charge is 0.254 e. The first-order valence-electron chi connectivity index (χ1n) is 6.13. The molecule has 2 aromatic rings. The normalized spacial score (nSPS) is 11.4. The highest BCUT2D eigenvalue weighted by Gasteiger charge is 2.16. The Bertz CT molecular complexity index is 662. The molecular weight excluding hydrogens is 272 g/mol. The average Bonchev–Trinajstić information content (AvgIpc) is 2.45. The Kier molecular flexibility index (Phi) is 4.39. The summed E-state index contributed by atoms with van der Waals surface area (Å²) in [4.78, 5) is 12.2. The van der Waals surface area contributed by atoms with E-state index in [1.165, 1.54) is 0 Å². The number of hydrogen-bond acceptors (Lipinski definition) is 2. The third kappa shape index (κ3) is 3.17. The first kappa shape index (κ1) is 14.1. The number of aryl methyl sites for hydroxylation is 1. The van der Waals surface area contributed by atoms with Crippen molar-refractivity contribution in [2.45, 2.75) is 13.0 Å². The molecule has 0 saturated carbocycles. The minimum Gasteiger partial charge on any atom is -0.332 e. The highest BCUT2D eigenvalue weighted by molar-refractivity contribution is 6.33. The number of hydrogen-bond donors (Lipinski definition) is 1. The number of benzene rings is 2. The minimum absolute atomic E-state index is 0.356. The van der Waals surface area contributed by atoms with E-state index in [1.54, 1.807) is 24.3 Å². The van der Waals surface area contributed by atoms with Gasteiger partial charge >= 0.3 is 0 Å². The Balaban J connectivity index is 2.20. The molecule has 0 heterocycles. The summed E-state index contributed by atoms with van der Waals surface area (Å²) in [6.07, 6.45) is 0. The predicted octanol–water partition coefficient (Wildman–Crippen LogP) is 3.64. The number of nitrogens with zero attached hydrogens (tertiary/aromatic N) is 1. The molecule has 0 bridgehead atoms. The van der Waals surface area contributed by atoms with E-state index in [0.717, 1.165) is 11.1 Å². The lowest BCUT2D eigenvalue weighted by atomic mass is 10.1. The average molecular weight is 285 g/mol. The number of carbonyl (C=O) groups excluding carboxylic acids is 1. The molecule has 1 N–H and O–H groups in total. The monoisotopic (exact) mass is 284 g/mol. The van der Waals surface area contributed by atoms with Crippen molar-refractivity contribution in [3.63, 3.8) is 0 Å². The van der Waals surface area contributed by atoms with Crippen LogP contribution in [0, 0.1) is 18.3 Å². The molecule has 0 saturated heterocycles. The molecule has 1 unspecified atom stereocenters. The van der Waals surface area contributed by atoms with Crippen molar-refractivity contribution in [1.82, 2.24) is 5.32 Å². The van der Waals surface area contributed by atoms with Gasteiger partial charge in [0.05, 0.1) is 16.7 Å². The third-order valence-electron chi connectivity index (χ3n) is 2.91. The Morgan fingerprint density at radius 1 is 1.25 bits per heavy atom. The number of amides is 1. The van der Waals surface area contributed by atoms with Crippen molar-refractivity contribution in [1.29, 1.82) is 5.26 Å². The van der Waals surface area contributed by atoms with Crippen molar-refractivity contribution < 1.29 is 4.79 Å². The lowest BCUT2D eigenvalue weighted by molar-refractivity contribution is 0.0945. The fraction of sp³-hybridized carbons (Fsp3) is 0.125. The molecule has 2 aromatic carbocycles. The second-order valence-corrected chi connectivity index (χ2v) is 4.84. The fourth-order valence-corrected chi connectivity index (χ4v) is 2.17. The van der Waals surface area contributed by atoms with Crippen LogP contribution in [0.4, 0.5) is 0 Å². The van der Waals surface area contributed by atoms with Crippen LogP contribution < -0.4 is 5.32 Å². The predicted molar refractivity (Wildman–Crippen MR) is 78.5 cm³/mol. The lowest BCUT2D eigenvalue weighted by Gasteiger charge is -2.12. The van der Waals surface area contributed by atoms with Gasteiger partial charge in [0, 0.05) is 0 Å². The van der Waals surface area contributed by atoms with E-state index in [2.05, 4.69) is 11.4 Å². The maximum atomic E-state index is 12.2. The van der Waals surface area contributed by atoms with E-state index in [1.807, 2.05) is 31.2 Å². The van der Waals surface area contributed by atoms with Gasteiger partial charge in [-0.15, -0.1) is 0 Å². The van der Waals surface area contributed by atoms with Crippen LogP contribution in [-0.2, 0) is 0 Å². The van der Waals surface area contributed by atoms with Gasteiger partial charge in [-0.1, -0.05) is 48.0 Å². The van der Waals surface area contributed by atoms with E-state index in [4.69, 9.17) is 11.6 Å². The van der Waals surface area contributed by atoms with Crippen LogP contribution in [-0.4, -0.2) is 5.91 Å². The molecule has 1 amide bonds. The quantitative estimate of drug-likeness (QED) is 0.935. The molecule has 3 nitrogen and oxygen atoms in total. The molecule has 4 heteroatoms. The Morgan fingerprint density at radius 3 is 2.55 bits per heavy atom. The zero-order chi connectivity index (χ0) is 14.5. The van der Waals surface area contributed by atoms with Gasteiger partial charge in [0.25, 0.3) is 5.91 Å². The molecule has 0 aliphatic carbocycles. The second-order valence-electron chi connectivity index (χ2n) is 4.43. The van der Waals surface area contributed by atoms with Gasteiger partial charge in [-0.05, 0) is 30.2 Å². The molecule has 1 atom stereocenters. The standard InChI is InChI=1S/C16H13ClN2O/c1-11-7-8-13(14(17)9-11)16(20)19-15(10-18)12-5-3-2-4-6-12/h2-9,15H,1H3,(H,19,20). The first-order chi connectivity index (χ1) is 9.61. The lowest BCUT2D eigenvalue weighted by Crippen LogP contribution is -2.27. The number of nitrogens with one attached hydrogen (secondary N) is 1. The third-order valence-corrected chi connectivity index (χ3v) is 3.22. The van der Waals surface area contributed by atoms with Crippen molar-refractivity contribution >= 4 is 17.5 Å². The van der Waals surface area contributed by atoms with E-state index in [0.29, 0.717) is 10.6 Å². The van der Waals surface area contributed by atoms with Crippen LogP contribution in [0.5, 0.6) is 0 Å². The van der Waals surface area contributed by atoms with Gasteiger partial charge in [-0.3, -0.25) is 4.79 Å². The minimum atomic E-state index is -0.693. The number of rotatable bonds is 3. The topological polar surface area (TPSA) is 52.9 Å². The zero-order valence-corrected chi connectivity index (χ0v) is 11.7. The number of halogens is 1. The van der Waals surface area contributed by atoms with E-state index < -0.39 is 6.04 Å². The molecule has 0 fully saturated rings. The van der Waals surface area contributed by atoms with Gasteiger partial charge in [-0.2, -0.15) is 5.26 Å². The van der Waals surface area contributed by atoms with Gasteiger partial charge in [0.15, 0.2) is 0 Å². The van der Waals surface area contributed by atoms with Gasteiger partial charge in [0.1, 0.15) is 6.04 Å². The number of carbonyl (C=O) groups is 1. The van der Waals surface area contributed by atoms with Crippen LogP contribution in [0.2, 0.25) is 5.02 Å². The summed E-state index contributed by atoms with van der Waals surface area (Å²) in [5, 5.41) is 12.2. The zero-order valence-electron chi connectivity index (χ0n) is 10.9. The van der Waals surface area contributed by atoms with E-state index in [-0.39, 0.29) is 5.91 Å². The van der Waals surface area contributed by atoms with Gasteiger partial charge in [-0.25, -0.2) is 0 Å². The SMILES string of the molecule is Cc1ccc(C(=O)NC(C#N)c2ccccc2)c(Cl)c1. The van der Waals surface area contributed by atoms with Crippen LogP contribution in [0.3, 0.4) is 0 Å². The van der Waals surface area contributed by atoms with Crippen LogP contribution >= 0.6 is 11.6 Å². The van der Waals surface area contributed by atoms with Crippen molar-refractivity contribution in [3.8, 4) is 6.07 Å². The summed E-state index contributed by atoms with van der Waals surface area (Å²) in [6.45, 7) is 1.90. The van der Waals surface area contributed by atoms with Crippen molar-refractivity contribution in [3.05, 3.63) is 70.2 Å². The van der Waals surface area contributed by atoms with Crippen LogP contribution in [0.1, 0.15) is 27.5 Å². The molecule has 0 radical (unpaired) electrons. The molecule has 0 aliphatic heterocycles. The largest absolute Gasteiger partial charge is 0.332 e. The van der Waals surface area contributed by atoms with Crippen molar-refractivity contribution in [2.75, 3.05) is 0 Å². The Morgan fingerprint density at radius 2 is 1.95 bits per heavy atom. The molecule has 100 valence electrons. The summed E-state index contributed by atoms with van der Waals surface area (Å²) in [5.41, 5.74) is 2.09. The molecule has 0 aromatic heterocycles. The molecule has 20 heavy (non-hydrogen) atoms. The molecule has 0 aliphatic rings. The summed E-state index contributed by atoms with van der Waals surface area (Å²) >= 11 is 6.05. The van der Waals surface area contributed by atoms with E-state index in [9.17, 15) is 10.1 Å². The van der Waals surface area contributed by atoms with Crippen LogP contribution in [0.25, 0.3) is 0 Å². The molecule has 0 spiro atoms. The maximum Gasteiger partial charge on any atom is 0.254 e. The molecular formula is C16H13ClN2O. The van der Waals surface area contributed by atoms with Crippen molar-refractivity contribution in [2.24, 2.45) is 0 Å². The maximum absolute atomic E-state index is 12.2. The summed E-state index contributed by atoms with van der Waals surface area (Å²) < 4.78 is 0. The van der Waals surface area contributed by atoms with Gasteiger partial charge < -0.3 is 5.32 Å². The summed E-state index contributed by atoms with van der Waals surface area (Å²) in [7, 11) is 0. The first-order valence-corrected chi connectivity index (χ1v) is 6.51. The summed E-state index contributed by atoms with van der Waals surface area (Å²) in [5.74, 6) is -0.356. The molecule has 2 rings (SSSR count). The fourth-order valence-electron chi connectivity index (χ4n) is 1.85. The highest BCUT2D eigenvalue weighted by Crippen LogP contribution is 2.19. The summed E-state index contributed by atoms with van der Waals surface area (Å²) in [6, 6.07) is 15.7. The van der Waals surface area contributed by atoms with Crippen LogP contribution in [0.15, 0.2) is 48.5 Å². The van der Waals surface area contributed by atoms with Gasteiger partial charge in [0.2, 0.25) is 0 Å². The number of nitriles is 1. The highest BCUT2D eigenvalue weighted by atomic mass is 35.5. The van der Waals surface area contributed by atoms with E-state index >= 15 is 0 Å². The Hall–Kier alpha value is -2.31. The second kappa shape index (κ2) is 6.23.